The summed E-state index contributed by atoms with van der Waals surface area (Å²) in [4.78, 5) is 8.66. The third kappa shape index (κ3) is 2.21. The van der Waals surface area contributed by atoms with Crippen LogP contribution in [0.3, 0.4) is 0 Å². The smallest absolute Gasteiger partial charge is 0.151 e. The molecule has 0 aromatic carbocycles. The van der Waals surface area contributed by atoms with Gasteiger partial charge in [0.2, 0.25) is 0 Å². The van der Waals surface area contributed by atoms with Crippen LogP contribution < -0.4 is 0 Å². The first kappa shape index (κ1) is 10.9. The van der Waals surface area contributed by atoms with Crippen molar-refractivity contribution in [3.05, 3.63) is 35.4 Å². The SMILES string of the molecule is C=C(c1nc(Cl)ccc1F)N(C)OC. The molecule has 14 heavy (non-hydrogen) atoms. The number of rotatable bonds is 3. The lowest BCUT2D eigenvalue weighted by atomic mass is 10.3. The van der Waals surface area contributed by atoms with Crippen LogP contribution in [0.25, 0.3) is 5.70 Å². The van der Waals surface area contributed by atoms with Gasteiger partial charge in [0.15, 0.2) is 5.82 Å². The normalized spacial score (nSPS) is 10.0. The fraction of sp³-hybridized carbons (Fsp3) is 0.222. The van der Waals surface area contributed by atoms with Gasteiger partial charge in [0.05, 0.1) is 12.8 Å². The molecule has 0 aliphatic rings. The minimum atomic E-state index is -0.483. The molecule has 0 atom stereocenters. The van der Waals surface area contributed by atoms with Crippen molar-refractivity contribution in [2.75, 3.05) is 14.2 Å². The highest BCUT2D eigenvalue weighted by Gasteiger charge is 2.12. The van der Waals surface area contributed by atoms with E-state index in [4.69, 9.17) is 16.4 Å². The summed E-state index contributed by atoms with van der Waals surface area (Å²) in [5, 5.41) is 1.52. The second-order valence-corrected chi connectivity index (χ2v) is 2.98. The lowest BCUT2D eigenvalue weighted by Crippen LogP contribution is -2.15. The molecular formula is C9H10ClFN2O. The average molecular weight is 217 g/mol. The molecule has 0 unspecified atom stereocenters. The summed E-state index contributed by atoms with van der Waals surface area (Å²) in [5.74, 6) is -0.483. The van der Waals surface area contributed by atoms with Gasteiger partial charge in [-0.15, -0.1) is 0 Å². The van der Waals surface area contributed by atoms with Crippen LogP contribution in [0.15, 0.2) is 18.7 Å². The molecule has 0 saturated carbocycles. The van der Waals surface area contributed by atoms with Crippen molar-refractivity contribution in [1.29, 1.82) is 0 Å². The van der Waals surface area contributed by atoms with Crippen molar-refractivity contribution in [2.24, 2.45) is 0 Å². The first-order valence-corrected chi connectivity index (χ1v) is 4.23. The first-order chi connectivity index (χ1) is 6.56. The van der Waals surface area contributed by atoms with Crippen LogP contribution in [0.4, 0.5) is 4.39 Å². The molecule has 1 aromatic heterocycles. The van der Waals surface area contributed by atoms with E-state index >= 15 is 0 Å². The molecule has 76 valence electrons. The van der Waals surface area contributed by atoms with Gasteiger partial charge in [-0.1, -0.05) is 18.2 Å². The van der Waals surface area contributed by atoms with E-state index in [0.29, 0.717) is 5.70 Å². The van der Waals surface area contributed by atoms with Crippen molar-refractivity contribution in [3.63, 3.8) is 0 Å². The Bertz CT molecular complexity index is 357. The molecule has 0 amide bonds. The standard InChI is InChI=1S/C9H10ClFN2O/c1-6(13(2)14-3)9-7(11)4-5-8(10)12-9/h4-5H,1H2,2-3H3. The highest BCUT2D eigenvalue weighted by Crippen LogP contribution is 2.19. The van der Waals surface area contributed by atoms with Gasteiger partial charge < -0.3 is 0 Å². The van der Waals surface area contributed by atoms with Crippen LogP contribution in [0.5, 0.6) is 0 Å². The summed E-state index contributed by atoms with van der Waals surface area (Å²) in [5.41, 5.74) is 0.398. The summed E-state index contributed by atoms with van der Waals surface area (Å²) in [6, 6.07) is 2.61. The van der Waals surface area contributed by atoms with Gasteiger partial charge in [0, 0.05) is 7.05 Å². The Labute approximate surface area is 86.7 Å². The molecule has 0 radical (unpaired) electrons. The molecule has 3 nitrogen and oxygen atoms in total. The molecule has 0 aliphatic carbocycles. The third-order valence-corrected chi connectivity index (χ3v) is 1.95. The quantitative estimate of drug-likeness (QED) is 0.573. The second-order valence-electron chi connectivity index (χ2n) is 2.59. The molecule has 1 aromatic rings. The third-order valence-electron chi connectivity index (χ3n) is 1.74. The van der Waals surface area contributed by atoms with Gasteiger partial charge >= 0.3 is 0 Å². The van der Waals surface area contributed by atoms with Crippen LogP contribution in [0.1, 0.15) is 5.69 Å². The second kappa shape index (κ2) is 4.39. The van der Waals surface area contributed by atoms with E-state index in [2.05, 4.69) is 11.6 Å². The van der Waals surface area contributed by atoms with Gasteiger partial charge in [-0.3, -0.25) is 9.90 Å². The Kier molecular flexibility index (Phi) is 3.43. The van der Waals surface area contributed by atoms with E-state index in [0.717, 1.165) is 0 Å². The number of hydrogen-bond donors (Lipinski definition) is 0. The molecule has 0 saturated heterocycles. The molecule has 0 N–H and O–H groups in total. The maximum Gasteiger partial charge on any atom is 0.151 e. The Morgan fingerprint density at radius 1 is 1.64 bits per heavy atom. The van der Waals surface area contributed by atoms with E-state index in [1.54, 1.807) is 7.05 Å². The van der Waals surface area contributed by atoms with Gasteiger partial charge in [-0.05, 0) is 12.1 Å². The molecule has 1 heterocycles. The predicted octanol–water partition coefficient (Wildman–Crippen LogP) is 2.34. The largest absolute Gasteiger partial charge is 0.277 e. The van der Waals surface area contributed by atoms with E-state index in [9.17, 15) is 4.39 Å². The fourth-order valence-electron chi connectivity index (χ4n) is 0.880. The van der Waals surface area contributed by atoms with E-state index in [1.165, 1.54) is 24.3 Å². The monoisotopic (exact) mass is 216 g/mol. The fourth-order valence-corrected chi connectivity index (χ4v) is 1.03. The van der Waals surface area contributed by atoms with Crippen LogP contribution in [0.2, 0.25) is 5.15 Å². The van der Waals surface area contributed by atoms with Crippen LogP contribution in [0, 0.1) is 5.82 Å². The molecular weight excluding hydrogens is 207 g/mol. The molecule has 5 heteroatoms. The van der Waals surface area contributed by atoms with E-state index in [-0.39, 0.29) is 10.8 Å². The highest BCUT2D eigenvalue weighted by molar-refractivity contribution is 6.29. The molecule has 0 fully saturated rings. The van der Waals surface area contributed by atoms with Crippen LogP contribution in [-0.2, 0) is 4.84 Å². The number of hydroxylamine groups is 2. The van der Waals surface area contributed by atoms with E-state index in [1.807, 2.05) is 0 Å². The summed E-state index contributed by atoms with van der Waals surface area (Å²) in [6.45, 7) is 3.64. The number of aromatic nitrogens is 1. The maximum absolute atomic E-state index is 13.3. The minimum absolute atomic E-state index is 0.0850. The molecule has 0 spiro atoms. The molecule has 0 aliphatic heterocycles. The zero-order chi connectivity index (χ0) is 10.7. The van der Waals surface area contributed by atoms with Crippen LogP contribution >= 0.6 is 11.6 Å². The van der Waals surface area contributed by atoms with Crippen molar-refractivity contribution in [1.82, 2.24) is 10.0 Å². The van der Waals surface area contributed by atoms with Crippen molar-refractivity contribution >= 4 is 17.3 Å². The topological polar surface area (TPSA) is 25.4 Å². The van der Waals surface area contributed by atoms with E-state index < -0.39 is 5.82 Å². The maximum atomic E-state index is 13.3. The predicted molar refractivity (Wildman–Crippen MR) is 53.0 cm³/mol. The Morgan fingerprint density at radius 2 is 2.29 bits per heavy atom. The minimum Gasteiger partial charge on any atom is -0.277 e. The summed E-state index contributed by atoms with van der Waals surface area (Å²) in [7, 11) is 3.05. The van der Waals surface area contributed by atoms with Gasteiger partial charge in [0.25, 0.3) is 0 Å². The Morgan fingerprint density at radius 3 is 2.86 bits per heavy atom. The lowest BCUT2D eigenvalue weighted by Gasteiger charge is -2.18. The number of nitrogens with zero attached hydrogens (tertiary/aromatic N) is 2. The van der Waals surface area contributed by atoms with Crippen molar-refractivity contribution < 1.29 is 9.23 Å². The first-order valence-electron chi connectivity index (χ1n) is 3.85. The zero-order valence-corrected chi connectivity index (χ0v) is 8.68. The Hall–Kier alpha value is -1.13. The molecule has 1 rings (SSSR count). The van der Waals surface area contributed by atoms with Crippen LogP contribution in [-0.4, -0.2) is 24.2 Å². The summed E-state index contributed by atoms with van der Waals surface area (Å²) < 4.78 is 13.3. The highest BCUT2D eigenvalue weighted by atomic mass is 35.5. The van der Waals surface area contributed by atoms with Crippen molar-refractivity contribution in [3.8, 4) is 0 Å². The summed E-state index contributed by atoms with van der Waals surface area (Å²) >= 11 is 5.63. The summed E-state index contributed by atoms with van der Waals surface area (Å²) in [6.07, 6.45) is 0. The average Bonchev–Trinajstić information content (AvgIpc) is 2.19. The number of pyridine rings is 1. The van der Waals surface area contributed by atoms with Gasteiger partial charge in [0.1, 0.15) is 10.8 Å². The molecule has 0 bridgehead atoms. The van der Waals surface area contributed by atoms with Gasteiger partial charge in [-0.2, -0.15) is 0 Å². The number of halogens is 2. The Balaban J connectivity index is 3.06. The van der Waals surface area contributed by atoms with Gasteiger partial charge in [-0.25, -0.2) is 9.37 Å². The zero-order valence-electron chi connectivity index (χ0n) is 7.92. The lowest BCUT2D eigenvalue weighted by molar-refractivity contribution is -0.0529. The number of hydrogen-bond acceptors (Lipinski definition) is 3. The van der Waals surface area contributed by atoms with Crippen molar-refractivity contribution in [2.45, 2.75) is 0 Å².